The maximum atomic E-state index is 12.7. The Hall–Kier alpha value is -1.87. The Balaban J connectivity index is 2.35. The van der Waals surface area contributed by atoms with Gasteiger partial charge in [0.1, 0.15) is 0 Å². The molecule has 100 valence electrons. The third-order valence-electron chi connectivity index (χ3n) is 2.86. The lowest BCUT2D eigenvalue weighted by Crippen LogP contribution is -2.32. The van der Waals surface area contributed by atoms with Gasteiger partial charge in [0.2, 0.25) is 0 Å². The van der Waals surface area contributed by atoms with E-state index in [1.807, 2.05) is 54.6 Å². The van der Waals surface area contributed by atoms with Crippen molar-refractivity contribution >= 4 is 34.2 Å². The highest BCUT2D eigenvalue weighted by atomic mass is 127. The first-order valence-corrected chi connectivity index (χ1v) is 7.30. The standard InChI is InChI=1S/C16H13IN2O/c17-15-10-5-4-9-14(15)16(20)19(12-6-11-18)13-7-2-1-3-8-13/h1-5,7-10H,6,12H2. The molecule has 2 aromatic carbocycles. The number of nitriles is 1. The Bertz CT molecular complexity index is 634. The molecule has 4 heteroatoms. The third kappa shape index (κ3) is 3.36. The largest absolute Gasteiger partial charge is 0.307 e. The molecule has 0 saturated carbocycles. The summed E-state index contributed by atoms with van der Waals surface area (Å²) in [5.41, 5.74) is 1.47. The van der Waals surface area contributed by atoms with Gasteiger partial charge in [0.15, 0.2) is 0 Å². The summed E-state index contributed by atoms with van der Waals surface area (Å²) in [4.78, 5) is 14.3. The van der Waals surface area contributed by atoms with Crippen LogP contribution in [0.2, 0.25) is 0 Å². The van der Waals surface area contributed by atoms with Crippen LogP contribution in [0.15, 0.2) is 54.6 Å². The van der Waals surface area contributed by atoms with Crippen molar-refractivity contribution in [1.29, 1.82) is 5.26 Å². The van der Waals surface area contributed by atoms with Crippen molar-refractivity contribution in [3.8, 4) is 6.07 Å². The van der Waals surface area contributed by atoms with Crippen molar-refractivity contribution in [3.05, 3.63) is 63.7 Å². The second kappa shape index (κ2) is 7.06. The first-order chi connectivity index (χ1) is 9.74. The lowest BCUT2D eigenvalue weighted by Gasteiger charge is -2.22. The van der Waals surface area contributed by atoms with Gasteiger partial charge in [-0.15, -0.1) is 0 Å². The van der Waals surface area contributed by atoms with Gasteiger partial charge in [-0.2, -0.15) is 5.26 Å². The number of hydrogen-bond donors (Lipinski definition) is 0. The van der Waals surface area contributed by atoms with E-state index < -0.39 is 0 Å². The molecule has 0 fully saturated rings. The number of nitrogens with zero attached hydrogens (tertiary/aromatic N) is 2. The average Bonchev–Trinajstić information content (AvgIpc) is 2.49. The van der Waals surface area contributed by atoms with Crippen LogP contribution in [0.1, 0.15) is 16.8 Å². The number of anilines is 1. The fraction of sp³-hybridized carbons (Fsp3) is 0.125. The summed E-state index contributed by atoms with van der Waals surface area (Å²) in [5.74, 6) is -0.0727. The molecule has 0 aliphatic carbocycles. The van der Waals surface area contributed by atoms with E-state index in [1.54, 1.807) is 4.90 Å². The number of hydrogen-bond acceptors (Lipinski definition) is 2. The molecule has 0 aromatic heterocycles. The van der Waals surface area contributed by atoms with Crippen LogP contribution >= 0.6 is 22.6 Å². The molecule has 0 aliphatic heterocycles. The van der Waals surface area contributed by atoms with Gasteiger partial charge in [0.05, 0.1) is 18.1 Å². The monoisotopic (exact) mass is 376 g/mol. The smallest absolute Gasteiger partial charge is 0.259 e. The molecule has 1 amide bonds. The Morgan fingerprint density at radius 3 is 2.40 bits per heavy atom. The summed E-state index contributed by atoms with van der Waals surface area (Å²) >= 11 is 2.15. The predicted octanol–water partition coefficient (Wildman–Crippen LogP) is 3.85. The van der Waals surface area contributed by atoms with Crippen LogP contribution in [-0.4, -0.2) is 12.5 Å². The molecule has 2 aromatic rings. The molecule has 20 heavy (non-hydrogen) atoms. The van der Waals surface area contributed by atoms with Gasteiger partial charge in [-0.05, 0) is 46.9 Å². The average molecular weight is 376 g/mol. The minimum atomic E-state index is -0.0727. The number of halogens is 1. The SMILES string of the molecule is N#CCCN(C(=O)c1ccccc1I)c1ccccc1. The van der Waals surface area contributed by atoms with Crippen molar-refractivity contribution in [2.45, 2.75) is 6.42 Å². The molecular weight excluding hydrogens is 363 g/mol. The van der Waals surface area contributed by atoms with E-state index in [9.17, 15) is 4.79 Å². The lowest BCUT2D eigenvalue weighted by molar-refractivity contribution is 0.0986. The maximum Gasteiger partial charge on any atom is 0.259 e. The summed E-state index contributed by atoms with van der Waals surface area (Å²) < 4.78 is 0.910. The van der Waals surface area contributed by atoms with Gasteiger partial charge in [-0.25, -0.2) is 0 Å². The molecule has 0 unspecified atom stereocenters. The molecule has 0 N–H and O–H groups in total. The predicted molar refractivity (Wildman–Crippen MR) is 87.5 cm³/mol. The van der Waals surface area contributed by atoms with Crippen LogP contribution < -0.4 is 4.90 Å². The van der Waals surface area contributed by atoms with Gasteiger partial charge >= 0.3 is 0 Å². The van der Waals surface area contributed by atoms with Crippen molar-refractivity contribution in [2.24, 2.45) is 0 Å². The summed E-state index contributed by atoms with van der Waals surface area (Å²) in [5, 5.41) is 8.78. The number of rotatable bonds is 4. The zero-order valence-corrected chi connectivity index (χ0v) is 12.9. The van der Waals surface area contributed by atoms with Crippen molar-refractivity contribution in [3.63, 3.8) is 0 Å². The molecule has 0 atom stereocenters. The van der Waals surface area contributed by atoms with E-state index in [0.717, 1.165) is 9.26 Å². The topological polar surface area (TPSA) is 44.1 Å². The fourth-order valence-corrected chi connectivity index (χ4v) is 2.52. The number of carbonyl (C=O) groups is 1. The lowest BCUT2D eigenvalue weighted by atomic mass is 10.1. The Labute approximate surface area is 132 Å². The Morgan fingerprint density at radius 1 is 1.10 bits per heavy atom. The summed E-state index contributed by atoms with van der Waals surface area (Å²) in [7, 11) is 0. The van der Waals surface area contributed by atoms with E-state index >= 15 is 0 Å². The summed E-state index contributed by atoms with van der Waals surface area (Å²) in [6.07, 6.45) is 0.310. The summed E-state index contributed by atoms with van der Waals surface area (Å²) in [6, 6.07) is 19.0. The Kier molecular flexibility index (Phi) is 5.13. The van der Waals surface area contributed by atoms with Crippen molar-refractivity contribution in [2.75, 3.05) is 11.4 Å². The van der Waals surface area contributed by atoms with Gasteiger partial charge in [-0.3, -0.25) is 4.79 Å². The van der Waals surface area contributed by atoms with Crippen LogP contribution in [0.4, 0.5) is 5.69 Å². The molecule has 0 spiro atoms. The van der Waals surface area contributed by atoms with Crippen LogP contribution in [0.25, 0.3) is 0 Å². The molecule has 3 nitrogen and oxygen atoms in total. The molecule has 0 bridgehead atoms. The molecule has 0 saturated heterocycles. The van der Waals surface area contributed by atoms with Gasteiger partial charge in [0.25, 0.3) is 5.91 Å². The molecule has 0 heterocycles. The van der Waals surface area contributed by atoms with Gasteiger partial charge in [-0.1, -0.05) is 30.3 Å². The minimum absolute atomic E-state index is 0.0727. The van der Waals surface area contributed by atoms with Crippen LogP contribution in [0.5, 0.6) is 0 Å². The first-order valence-electron chi connectivity index (χ1n) is 6.22. The zero-order chi connectivity index (χ0) is 14.4. The van der Waals surface area contributed by atoms with E-state index in [2.05, 4.69) is 28.7 Å². The minimum Gasteiger partial charge on any atom is -0.307 e. The second-order valence-electron chi connectivity index (χ2n) is 4.18. The zero-order valence-electron chi connectivity index (χ0n) is 10.8. The highest BCUT2D eigenvalue weighted by Gasteiger charge is 2.19. The van der Waals surface area contributed by atoms with Gasteiger partial charge < -0.3 is 4.90 Å². The number of amides is 1. The molecule has 0 aliphatic rings. The van der Waals surface area contributed by atoms with Gasteiger partial charge in [0, 0.05) is 15.8 Å². The third-order valence-corrected chi connectivity index (χ3v) is 3.81. The van der Waals surface area contributed by atoms with E-state index in [4.69, 9.17) is 5.26 Å². The van der Waals surface area contributed by atoms with Crippen LogP contribution in [-0.2, 0) is 0 Å². The normalized spacial score (nSPS) is 9.80. The van der Waals surface area contributed by atoms with E-state index in [-0.39, 0.29) is 5.91 Å². The second-order valence-corrected chi connectivity index (χ2v) is 5.34. The first kappa shape index (κ1) is 14.5. The summed E-state index contributed by atoms with van der Waals surface area (Å²) in [6.45, 7) is 0.393. The maximum absolute atomic E-state index is 12.7. The molecule has 0 radical (unpaired) electrons. The van der Waals surface area contributed by atoms with Crippen LogP contribution in [0, 0.1) is 14.9 Å². The highest BCUT2D eigenvalue weighted by molar-refractivity contribution is 14.1. The van der Waals surface area contributed by atoms with E-state index in [1.165, 1.54) is 0 Å². The fourth-order valence-electron chi connectivity index (χ4n) is 1.90. The molecule has 2 rings (SSSR count). The number of benzene rings is 2. The van der Waals surface area contributed by atoms with E-state index in [0.29, 0.717) is 18.5 Å². The molecular formula is C16H13IN2O. The quantitative estimate of drug-likeness (QED) is 0.761. The highest BCUT2D eigenvalue weighted by Crippen LogP contribution is 2.20. The van der Waals surface area contributed by atoms with Crippen molar-refractivity contribution in [1.82, 2.24) is 0 Å². The van der Waals surface area contributed by atoms with Crippen LogP contribution in [0.3, 0.4) is 0 Å². The number of carbonyl (C=O) groups excluding carboxylic acids is 1. The Morgan fingerprint density at radius 2 is 1.75 bits per heavy atom. The van der Waals surface area contributed by atoms with Crippen molar-refractivity contribution < 1.29 is 4.79 Å². The number of para-hydroxylation sites is 1.